The molecule has 0 amide bonds. The first-order valence-electron chi connectivity index (χ1n) is 6.89. The van der Waals surface area contributed by atoms with Gasteiger partial charge in [0.2, 0.25) is 0 Å². The fourth-order valence-electron chi connectivity index (χ4n) is 2.33. The number of benzene rings is 1. The van der Waals surface area contributed by atoms with Crippen LogP contribution in [-0.4, -0.2) is 50.2 Å². The molecule has 2 rings (SSSR count). The normalized spacial score (nSPS) is 18.3. The Morgan fingerprint density at radius 2 is 1.77 bits per heavy atom. The molecule has 8 heteroatoms. The van der Waals surface area contributed by atoms with Gasteiger partial charge in [-0.3, -0.25) is 4.79 Å². The van der Waals surface area contributed by atoms with E-state index in [9.17, 15) is 13.2 Å². The first kappa shape index (κ1) is 19.3. The van der Waals surface area contributed by atoms with E-state index in [2.05, 4.69) is 78.7 Å². The maximum absolute atomic E-state index is 12.4. The summed E-state index contributed by atoms with van der Waals surface area (Å²) in [6.07, 6.45) is 1.28. The Hall–Kier alpha value is 0.990. The maximum atomic E-state index is 12.4. The number of carbonyl (C=O) groups is 1. The third-order valence-electron chi connectivity index (χ3n) is 3.61. The fraction of sp³-hybridized carbons (Fsp3) is 0.500. The number of Topliss-reactive ketones (excluding diaryl/α,β-unsaturated/α-hetero) is 1. The first-order chi connectivity index (χ1) is 10.3. The Labute approximate surface area is 172 Å². The van der Waals surface area contributed by atoms with Crippen molar-refractivity contribution in [2.45, 2.75) is 12.8 Å². The summed E-state index contributed by atoms with van der Waals surface area (Å²) < 4.78 is 26.0. The van der Waals surface area contributed by atoms with Gasteiger partial charge in [0.1, 0.15) is 0 Å². The smallest absolute Gasteiger partial charge is 0.164 e. The number of hydrogen-bond acceptors (Lipinski definition) is 4. The highest BCUT2D eigenvalue weighted by Crippen LogP contribution is 2.24. The van der Waals surface area contributed by atoms with Crippen LogP contribution in [0.15, 0.2) is 12.1 Å². The zero-order valence-electron chi connectivity index (χ0n) is 11.8. The van der Waals surface area contributed by atoms with Crippen LogP contribution in [0.4, 0.5) is 0 Å². The zero-order chi connectivity index (χ0) is 16.3. The lowest BCUT2D eigenvalue weighted by atomic mass is 10.1. The van der Waals surface area contributed by atoms with Crippen LogP contribution in [0.2, 0.25) is 0 Å². The van der Waals surface area contributed by atoms with Crippen LogP contribution in [0.25, 0.3) is 0 Å². The molecule has 0 atom stereocenters. The van der Waals surface area contributed by atoms with Crippen LogP contribution >= 0.6 is 67.8 Å². The van der Waals surface area contributed by atoms with Gasteiger partial charge in [0.15, 0.2) is 15.6 Å². The van der Waals surface area contributed by atoms with E-state index < -0.39 is 9.84 Å². The summed E-state index contributed by atoms with van der Waals surface area (Å²) in [5.74, 6) is 0.660. The van der Waals surface area contributed by atoms with Crippen LogP contribution in [0.1, 0.15) is 23.2 Å². The minimum atomic E-state index is -2.83. The van der Waals surface area contributed by atoms with Gasteiger partial charge in [-0.15, -0.1) is 0 Å². The average molecular weight is 659 g/mol. The molecule has 0 radical (unpaired) electrons. The number of ketones is 1. The van der Waals surface area contributed by atoms with Gasteiger partial charge in [0, 0.05) is 35.8 Å². The molecular formula is C14H16I3NO3S. The maximum Gasteiger partial charge on any atom is 0.164 e. The summed E-state index contributed by atoms with van der Waals surface area (Å²) in [5, 5.41) is 0. The van der Waals surface area contributed by atoms with E-state index in [1.54, 1.807) is 0 Å². The lowest BCUT2D eigenvalue weighted by molar-refractivity contribution is 0.0974. The van der Waals surface area contributed by atoms with E-state index in [1.165, 1.54) is 0 Å². The van der Waals surface area contributed by atoms with E-state index in [4.69, 9.17) is 0 Å². The minimum Gasteiger partial charge on any atom is -0.301 e. The molecule has 1 heterocycles. The quantitative estimate of drug-likeness (QED) is 0.277. The molecule has 0 saturated carbocycles. The van der Waals surface area contributed by atoms with Crippen molar-refractivity contribution in [3.8, 4) is 0 Å². The molecule has 1 saturated heterocycles. The molecule has 0 aliphatic carbocycles. The molecule has 0 bridgehead atoms. The third-order valence-corrected chi connectivity index (χ3v) is 8.89. The van der Waals surface area contributed by atoms with Gasteiger partial charge in [-0.2, -0.15) is 0 Å². The zero-order valence-corrected chi connectivity index (χ0v) is 19.1. The van der Waals surface area contributed by atoms with Gasteiger partial charge in [-0.05, 0) is 92.9 Å². The fourth-order valence-corrected chi connectivity index (χ4v) is 6.06. The summed E-state index contributed by atoms with van der Waals surface area (Å²) in [5.41, 5.74) is 0.804. The molecule has 1 aromatic carbocycles. The van der Waals surface area contributed by atoms with Crippen LogP contribution in [0.5, 0.6) is 0 Å². The predicted molar refractivity (Wildman–Crippen MR) is 113 cm³/mol. The number of hydrogen-bond donors (Lipinski definition) is 0. The van der Waals surface area contributed by atoms with Crippen LogP contribution in [0.3, 0.4) is 0 Å². The summed E-state index contributed by atoms with van der Waals surface area (Å²) in [6.45, 7) is 1.98. The molecule has 0 spiro atoms. The minimum absolute atomic E-state index is 0.172. The first-order valence-corrected chi connectivity index (χ1v) is 11.9. The van der Waals surface area contributed by atoms with Gasteiger partial charge in [0.25, 0.3) is 0 Å². The number of halogens is 3. The Bertz CT molecular complexity index is 662. The second kappa shape index (κ2) is 8.39. The molecule has 4 nitrogen and oxygen atoms in total. The van der Waals surface area contributed by atoms with Crippen LogP contribution in [0, 0.1) is 10.7 Å². The van der Waals surface area contributed by atoms with Crippen molar-refractivity contribution in [3.63, 3.8) is 0 Å². The lowest BCUT2D eigenvalue weighted by Crippen LogP contribution is -2.40. The van der Waals surface area contributed by atoms with Crippen molar-refractivity contribution in [2.24, 2.45) is 0 Å². The van der Waals surface area contributed by atoms with E-state index >= 15 is 0 Å². The standard InChI is InChI=1S/C14H16I3NO3S/c15-10-8-11(14(17)12(16)9-10)13(19)2-1-3-18-4-6-22(20,21)7-5-18/h8-9H,1-7H2. The van der Waals surface area contributed by atoms with E-state index in [-0.39, 0.29) is 17.3 Å². The number of nitrogens with zero attached hydrogens (tertiary/aromatic N) is 1. The Morgan fingerprint density at radius 1 is 1.14 bits per heavy atom. The largest absolute Gasteiger partial charge is 0.301 e. The van der Waals surface area contributed by atoms with Gasteiger partial charge in [-0.1, -0.05) is 0 Å². The Kier molecular flexibility index (Phi) is 7.36. The predicted octanol–water partition coefficient (Wildman–Crippen LogP) is 3.19. The van der Waals surface area contributed by atoms with E-state index in [0.29, 0.717) is 19.5 Å². The van der Waals surface area contributed by atoms with Crippen molar-refractivity contribution in [2.75, 3.05) is 31.1 Å². The van der Waals surface area contributed by atoms with E-state index in [0.717, 1.165) is 29.2 Å². The van der Waals surface area contributed by atoms with E-state index in [1.807, 2.05) is 6.07 Å². The molecule has 1 fully saturated rings. The van der Waals surface area contributed by atoms with Crippen molar-refractivity contribution >= 4 is 83.4 Å². The lowest BCUT2D eigenvalue weighted by Gasteiger charge is -2.26. The number of carbonyl (C=O) groups excluding carboxylic acids is 1. The average Bonchev–Trinajstić information content (AvgIpc) is 2.44. The van der Waals surface area contributed by atoms with Gasteiger partial charge < -0.3 is 4.90 Å². The topological polar surface area (TPSA) is 54.5 Å². The number of sulfone groups is 1. The van der Waals surface area contributed by atoms with Crippen molar-refractivity contribution in [3.05, 3.63) is 28.4 Å². The summed E-state index contributed by atoms with van der Waals surface area (Å²) in [7, 11) is -2.83. The van der Waals surface area contributed by atoms with Gasteiger partial charge in [0.05, 0.1) is 11.5 Å². The third kappa shape index (κ3) is 5.52. The SMILES string of the molecule is O=C(CCCN1CCS(=O)(=O)CC1)c1cc(I)cc(I)c1I. The van der Waals surface area contributed by atoms with Gasteiger partial charge in [-0.25, -0.2) is 8.42 Å². The Morgan fingerprint density at radius 3 is 2.41 bits per heavy atom. The Balaban J connectivity index is 1.86. The van der Waals surface area contributed by atoms with Crippen molar-refractivity contribution < 1.29 is 13.2 Å². The summed E-state index contributed by atoms with van der Waals surface area (Å²) >= 11 is 6.71. The highest BCUT2D eigenvalue weighted by atomic mass is 127. The molecule has 1 aliphatic rings. The van der Waals surface area contributed by atoms with Crippen LogP contribution in [-0.2, 0) is 9.84 Å². The highest BCUT2D eigenvalue weighted by Gasteiger charge is 2.21. The molecule has 22 heavy (non-hydrogen) atoms. The van der Waals surface area contributed by atoms with Crippen molar-refractivity contribution in [1.82, 2.24) is 4.90 Å². The van der Waals surface area contributed by atoms with Gasteiger partial charge >= 0.3 is 0 Å². The second-order valence-electron chi connectivity index (χ2n) is 5.27. The van der Waals surface area contributed by atoms with Crippen LogP contribution < -0.4 is 0 Å². The monoisotopic (exact) mass is 659 g/mol. The molecule has 0 unspecified atom stereocenters. The molecule has 0 aromatic heterocycles. The summed E-state index contributed by atoms with van der Waals surface area (Å²) in [6, 6.07) is 4.01. The highest BCUT2D eigenvalue weighted by molar-refractivity contribution is 14.1. The summed E-state index contributed by atoms with van der Waals surface area (Å²) in [4.78, 5) is 14.5. The molecule has 1 aliphatic heterocycles. The number of rotatable bonds is 5. The van der Waals surface area contributed by atoms with Crippen molar-refractivity contribution in [1.29, 1.82) is 0 Å². The molecular weight excluding hydrogens is 643 g/mol. The molecule has 122 valence electrons. The molecule has 0 N–H and O–H groups in total. The second-order valence-corrected chi connectivity index (χ2v) is 11.1. The molecule has 1 aromatic rings.